The number of halogens is 2. The number of carbonyl (C=O) groups excluding carboxylic acids is 1. The van der Waals surface area contributed by atoms with Crippen molar-refractivity contribution in [1.29, 1.82) is 0 Å². The Labute approximate surface area is 167 Å². The van der Waals surface area contributed by atoms with Gasteiger partial charge in [0.2, 0.25) is 0 Å². The van der Waals surface area contributed by atoms with Crippen molar-refractivity contribution >= 4 is 28.9 Å². The van der Waals surface area contributed by atoms with Gasteiger partial charge in [-0.25, -0.2) is 4.39 Å². The molecule has 2 N–H and O–H groups in total. The molecule has 1 unspecified atom stereocenters. The summed E-state index contributed by atoms with van der Waals surface area (Å²) in [7, 11) is 0. The summed E-state index contributed by atoms with van der Waals surface area (Å²) in [6.07, 6.45) is 1.17. The molecule has 2 aromatic carbocycles. The molecule has 0 spiro atoms. The van der Waals surface area contributed by atoms with Crippen LogP contribution in [0.2, 0.25) is 5.02 Å². The van der Waals surface area contributed by atoms with Crippen LogP contribution in [0.15, 0.2) is 48.7 Å². The largest absolute Gasteiger partial charge is 0.360 e. The van der Waals surface area contributed by atoms with Gasteiger partial charge in [0.15, 0.2) is 0 Å². The summed E-state index contributed by atoms with van der Waals surface area (Å²) in [5, 5.41) is 10.9. The lowest BCUT2D eigenvalue weighted by atomic mass is 9.88. The fourth-order valence-electron chi connectivity index (χ4n) is 3.50. The van der Waals surface area contributed by atoms with E-state index in [4.69, 9.17) is 11.6 Å². The minimum Gasteiger partial charge on any atom is -0.360 e. The molecule has 0 saturated heterocycles. The fourth-order valence-corrected chi connectivity index (χ4v) is 3.76. The van der Waals surface area contributed by atoms with Crippen molar-refractivity contribution in [1.82, 2.24) is 10.2 Å². The Balaban J connectivity index is 1.92. The van der Waals surface area contributed by atoms with E-state index in [1.807, 2.05) is 18.2 Å². The molecular weight excluding hydrogens is 379 g/mol. The SMILES string of the molecule is CC(C)(C)c1[nH]ncc1C1Nc2ccccc2C(=O)N1c1ccc(F)cc1Cl. The maximum atomic E-state index is 13.6. The number of hydrogen-bond acceptors (Lipinski definition) is 3. The molecule has 1 aliphatic rings. The number of para-hydroxylation sites is 1. The van der Waals surface area contributed by atoms with Crippen molar-refractivity contribution < 1.29 is 9.18 Å². The Morgan fingerprint density at radius 1 is 1.18 bits per heavy atom. The predicted molar refractivity (Wildman–Crippen MR) is 108 cm³/mol. The molecule has 2 heterocycles. The van der Waals surface area contributed by atoms with E-state index in [0.717, 1.165) is 16.9 Å². The van der Waals surface area contributed by atoms with E-state index in [2.05, 4.69) is 36.3 Å². The van der Waals surface area contributed by atoms with Crippen LogP contribution < -0.4 is 10.2 Å². The van der Waals surface area contributed by atoms with E-state index in [0.29, 0.717) is 11.3 Å². The van der Waals surface area contributed by atoms with Gasteiger partial charge in [0, 0.05) is 22.4 Å². The number of benzene rings is 2. The molecule has 1 atom stereocenters. The van der Waals surface area contributed by atoms with Crippen LogP contribution in [0.5, 0.6) is 0 Å². The molecular formula is C21H20ClFN4O. The van der Waals surface area contributed by atoms with Crippen molar-refractivity contribution in [3.05, 3.63) is 76.3 Å². The maximum Gasteiger partial charge on any atom is 0.262 e. The van der Waals surface area contributed by atoms with E-state index >= 15 is 0 Å². The van der Waals surface area contributed by atoms with Gasteiger partial charge in [0.05, 0.1) is 22.5 Å². The number of amides is 1. The first-order valence-electron chi connectivity index (χ1n) is 8.95. The zero-order chi connectivity index (χ0) is 20.1. The number of fused-ring (bicyclic) bond motifs is 1. The van der Waals surface area contributed by atoms with Gasteiger partial charge in [-0.05, 0) is 30.3 Å². The number of rotatable bonds is 2. The highest BCUT2D eigenvalue weighted by Gasteiger charge is 2.38. The highest BCUT2D eigenvalue weighted by molar-refractivity contribution is 6.34. The molecule has 5 nitrogen and oxygen atoms in total. The average Bonchev–Trinajstić information content (AvgIpc) is 3.13. The Kier molecular flexibility index (Phi) is 4.38. The zero-order valence-electron chi connectivity index (χ0n) is 15.8. The number of carbonyl (C=O) groups is 1. The summed E-state index contributed by atoms with van der Waals surface area (Å²) < 4.78 is 13.6. The van der Waals surface area contributed by atoms with E-state index < -0.39 is 12.0 Å². The van der Waals surface area contributed by atoms with E-state index in [1.165, 1.54) is 18.2 Å². The van der Waals surface area contributed by atoms with Crippen molar-refractivity contribution in [3.8, 4) is 0 Å². The minimum absolute atomic E-state index is 0.167. The number of aromatic amines is 1. The van der Waals surface area contributed by atoms with Gasteiger partial charge in [-0.1, -0.05) is 44.5 Å². The quantitative estimate of drug-likeness (QED) is 0.618. The number of hydrogen-bond donors (Lipinski definition) is 2. The first-order chi connectivity index (χ1) is 13.3. The summed E-state index contributed by atoms with van der Waals surface area (Å²) in [6.45, 7) is 6.20. The fraction of sp³-hybridized carbons (Fsp3) is 0.238. The predicted octanol–water partition coefficient (Wildman–Crippen LogP) is 5.27. The Hall–Kier alpha value is -2.86. The van der Waals surface area contributed by atoms with Crippen molar-refractivity contribution in [3.63, 3.8) is 0 Å². The van der Waals surface area contributed by atoms with Gasteiger partial charge >= 0.3 is 0 Å². The lowest BCUT2D eigenvalue weighted by Crippen LogP contribution is -2.44. The summed E-state index contributed by atoms with van der Waals surface area (Å²) in [5.41, 5.74) is 3.21. The average molecular weight is 399 g/mol. The van der Waals surface area contributed by atoms with Crippen LogP contribution in [0.25, 0.3) is 0 Å². The van der Waals surface area contributed by atoms with Crippen LogP contribution in [-0.2, 0) is 5.41 Å². The van der Waals surface area contributed by atoms with Crippen molar-refractivity contribution in [2.45, 2.75) is 32.4 Å². The van der Waals surface area contributed by atoms with E-state index in [-0.39, 0.29) is 16.3 Å². The number of nitrogens with zero attached hydrogens (tertiary/aromatic N) is 2. The third-order valence-electron chi connectivity index (χ3n) is 4.81. The van der Waals surface area contributed by atoms with Gasteiger partial charge in [-0.3, -0.25) is 14.8 Å². The molecule has 1 aliphatic heterocycles. The van der Waals surface area contributed by atoms with Crippen LogP contribution in [0.1, 0.15) is 48.6 Å². The number of nitrogens with one attached hydrogen (secondary N) is 2. The van der Waals surface area contributed by atoms with Gasteiger partial charge in [0.1, 0.15) is 12.0 Å². The smallest absolute Gasteiger partial charge is 0.262 e. The highest BCUT2D eigenvalue weighted by atomic mass is 35.5. The second kappa shape index (κ2) is 6.63. The van der Waals surface area contributed by atoms with Crippen molar-refractivity contribution in [2.24, 2.45) is 0 Å². The molecule has 0 saturated carbocycles. The molecule has 0 aliphatic carbocycles. The molecule has 28 heavy (non-hydrogen) atoms. The monoisotopic (exact) mass is 398 g/mol. The maximum absolute atomic E-state index is 13.6. The lowest BCUT2D eigenvalue weighted by Gasteiger charge is -2.39. The van der Waals surface area contributed by atoms with Gasteiger partial charge in [0.25, 0.3) is 5.91 Å². The molecule has 1 amide bonds. The van der Waals surface area contributed by atoms with Crippen molar-refractivity contribution in [2.75, 3.05) is 10.2 Å². The van der Waals surface area contributed by atoms with Crippen LogP contribution in [0.4, 0.5) is 15.8 Å². The Morgan fingerprint density at radius 2 is 1.93 bits per heavy atom. The molecule has 144 valence electrons. The van der Waals surface area contributed by atoms with Gasteiger partial charge in [-0.15, -0.1) is 0 Å². The molecule has 1 aromatic heterocycles. The molecule has 0 fully saturated rings. The van der Waals surface area contributed by atoms with Crippen LogP contribution >= 0.6 is 11.6 Å². The number of aromatic nitrogens is 2. The highest BCUT2D eigenvalue weighted by Crippen LogP contribution is 2.41. The standard InChI is InChI=1S/C21H20ClFN4O/c1-21(2,3)18-14(11-24-26-18)19-25-16-7-5-4-6-13(16)20(28)27(19)17-9-8-12(23)10-15(17)22/h4-11,19,25H,1-3H3,(H,24,26). The second-order valence-electron chi connectivity index (χ2n) is 7.81. The van der Waals surface area contributed by atoms with Gasteiger partial charge in [-0.2, -0.15) is 5.10 Å². The zero-order valence-corrected chi connectivity index (χ0v) is 16.5. The first-order valence-corrected chi connectivity index (χ1v) is 9.33. The molecule has 0 radical (unpaired) electrons. The third kappa shape index (κ3) is 3.03. The molecule has 7 heteroatoms. The minimum atomic E-state index is -0.543. The summed E-state index contributed by atoms with van der Waals surface area (Å²) in [6, 6.07) is 11.3. The Morgan fingerprint density at radius 3 is 2.64 bits per heavy atom. The van der Waals surface area contributed by atoms with Crippen LogP contribution in [0, 0.1) is 5.82 Å². The van der Waals surface area contributed by atoms with E-state index in [1.54, 1.807) is 17.2 Å². The molecule has 0 bridgehead atoms. The lowest BCUT2D eigenvalue weighted by molar-refractivity contribution is 0.0974. The summed E-state index contributed by atoms with van der Waals surface area (Å²) in [4.78, 5) is 15.0. The number of H-pyrrole nitrogens is 1. The van der Waals surface area contributed by atoms with Crippen LogP contribution in [0.3, 0.4) is 0 Å². The normalized spacial score (nSPS) is 16.7. The topological polar surface area (TPSA) is 61.0 Å². The molecule has 3 aromatic rings. The van der Waals surface area contributed by atoms with E-state index in [9.17, 15) is 9.18 Å². The first kappa shape index (κ1) is 18.5. The summed E-state index contributed by atoms with van der Waals surface area (Å²) >= 11 is 6.33. The summed E-state index contributed by atoms with van der Waals surface area (Å²) in [5.74, 6) is -0.671. The second-order valence-corrected chi connectivity index (χ2v) is 8.22. The van der Waals surface area contributed by atoms with Gasteiger partial charge < -0.3 is 5.32 Å². The number of anilines is 2. The Bertz CT molecular complexity index is 1060. The van der Waals surface area contributed by atoms with Crippen LogP contribution in [-0.4, -0.2) is 16.1 Å². The molecule has 4 rings (SSSR count). The third-order valence-corrected chi connectivity index (χ3v) is 5.11.